The minimum Gasteiger partial charge on any atom is -0.465 e. The van der Waals surface area contributed by atoms with Crippen molar-refractivity contribution in [1.29, 1.82) is 0 Å². The molecule has 0 aliphatic carbocycles. The number of benzene rings is 3. The minimum atomic E-state index is -3.60. The Kier molecular flexibility index (Phi) is 8.11. The summed E-state index contributed by atoms with van der Waals surface area (Å²) in [4.78, 5) is 36.8. The van der Waals surface area contributed by atoms with Crippen LogP contribution in [0.1, 0.15) is 42.2 Å². The van der Waals surface area contributed by atoms with Crippen LogP contribution in [0.2, 0.25) is 0 Å². The van der Waals surface area contributed by atoms with Gasteiger partial charge in [-0.15, -0.1) is 0 Å². The van der Waals surface area contributed by atoms with Gasteiger partial charge >= 0.3 is 11.9 Å². The Labute approximate surface area is 209 Å². The number of rotatable bonds is 8. The van der Waals surface area contributed by atoms with Gasteiger partial charge in [0.25, 0.3) is 5.91 Å². The van der Waals surface area contributed by atoms with Crippen molar-refractivity contribution in [2.24, 2.45) is 0 Å². The van der Waals surface area contributed by atoms with Gasteiger partial charge in [-0.3, -0.25) is 9.10 Å². The summed E-state index contributed by atoms with van der Waals surface area (Å²) in [5, 5.41) is 2.64. The van der Waals surface area contributed by atoms with E-state index in [1.807, 2.05) is 31.2 Å². The van der Waals surface area contributed by atoms with Crippen LogP contribution in [0.4, 0.5) is 11.4 Å². The molecule has 3 aromatic carbocycles. The molecule has 0 heterocycles. The maximum atomic E-state index is 12.9. The van der Waals surface area contributed by atoms with Crippen LogP contribution in [-0.4, -0.2) is 46.7 Å². The highest BCUT2D eigenvalue weighted by Gasteiger charge is 2.20. The highest BCUT2D eigenvalue weighted by Crippen LogP contribution is 2.23. The number of aryl methyl sites for hydroxylation is 1. The summed E-state index contributed by atoms with van der Waals surface area (Å²) in [6.45, 7) is 2.05. The number of methoxy groups -OCH3 is 2. The van der Waals surface area contributed by atoms with Gasteiger partial charge in [-0.25, -0.2) is 18.0 Å². The van der Waals surface area contributed by atoms with Crippen LogP contribution in [0.3, 0.4) is 0 Å². The first-order valence-electron chi connectivity index (χ1n) is 10.8. The lowest BCUT2D eigenvalue weighted by molar-refractivity contribution is 0.0598. The smallest absolute Gasteiger partial charge is 0.337 e. The van der Waals surface area contributed by atoms with Crippen molar-refractivity contribution in [3.05, 3.63) is 94.5 Å². The molecule has 0 saturated heterocycles. The van der Waals surface area contributed by atoms with E-state index >= 15 is 0 Å². The second kappa shape index (κ2) is 11.0. The molecule has 0 aliphatic rings. The molecule has 9 nitrogen and oxygen atoms in total. The molecule has 3 rings (SSSR count). The fourth-order valence-corrected chi connectivity index (χ4v) is 4.37. The highest BCUT2D eigenvalue weighted by atomic mass is 32.2. The third kappa shape index (κ3) is 6.28. The van der Waals surface area contributed by atoms with Gasteiger partial charge in [0.2, 0.25) is 10.0 Å². The van der Waals surface area contributed by atoms with Gasteiger partial charge in [-0.1, -0.05) is 24.3 Å². The molecule has 0 radical (unpaired) electrons. The Morgan fingerprint density at radius 2 is 1.39 bits per heavy atom. The van der Waals surface area contributed by atoms with Crippen molar-refractivity contribution in [2.75, 3.05) is 30.1 Å². The Bertz CT molecular complexity index is 1370. The predicted molar refractivity (Wildman–Crippen MR) is 136 cm³/mol. The van der Waals surface area contributed by atoms with Crippen LogP contribution in [0, 0.1) is 6.92 Å². The highest BCUT2D eigenvalue weighted by molar-refractivity contribution is 7.92. The average molecular weight is 511 g/mol. The largest absolute Gasteiger partial charge is 0.465 e. The zero-order valence-electron chi connectivity index (χ0n) is 20.3. The SMILES string of the molecule is COC(=O)c1cc(NC(=O)c2ccc(N(Cc3ccccc3C)S(C)(=O)=O)cc2)cc(C(=O)OC)c1. The van der Waals surface area contributed by atoms with Crippen molar-refractivity contribution in [2.45, 2.75) is 13.5 Å². The third-order valence-electron chi connectivity index (χ3n) is 5.43. The lowest BCUT2D eigenvalue weighted by Gasteiger charge is -2.23. The lowest BCUT2D eigenvalue weighted by Crippen LogP contribution is -2.29. The van der Waals surface area contributed by atoms with E-state index in [2.05, 4.69) is 5.32 Å². The van der Waals surface area contributed by atoms with E-state index in [-0.39, 0.29) is 28.9 Å². The summed E-state index contributed by atoms with van der Waals surface area (Å²) in [5.74, 6) is -1.89. The fraction of sp³-hybridized carbons (Fsp3) is 0.192. The maximum absolute atomic E-state index is 12.9. The Balaban J connectivity index is 1.86. The number of nitrogens with one attached hydrogen (secondary N) is 1. The zero-order chi connectivity index (χ0) is 26.5. The van der Waals surface area contributed by atoms with Gasteiger partial charge in [-0.2, -0.15) is 0 Å². The van der Waals surface area contributed by atoms with E-state index in [0.717, 1.165) is 17.4 Å². The van der Waals surface area contributed by atoms with E-state index in [4.69, 9.17) is 9.47 Å². The maximum Gasteiger partial charge on any atom is 0.337 e. The monoisotopic (exact) mass is 510 g/mol. The molecule has 0 atom stereocenters. The van der Waals surface area contributed by atoms with E-state index in [1.165, 1.54) is 48.9 Å². The van der Waals surface area contributed by atoms with Crippen molar-refractivity contribution in [1.82, 2.24) is 0 Å². The lowest BCUT2D eigenvalue weighted by atomic mass is 10.1. The molecule has 36 heavy (non-hydrogen) atoms. The summed E-state index contributed by atoms with van der Waals surface area (Å²) in [6, 6.07) is 17.6. The quantitative estimate of drug-likeness (QED) is 0.458. The van der Waals surface area contributed by atoms with Gasteiger partial charge in [0, 0.05) is 11.3 Å². The van der Waals surface area contributed by atoms with Crippen LogP contribution in [0.15, 0.2) is 66.7 Å². The number of carbonyl (C=O) groups is 3. The second-order valence-electron chi connectivity index (χ2n) is 7.98. The number of nitrogens with zero attached hydrogens (tertiary/aromatic N) is 1. The summed E-state index contributed by atoms with van der Waals surface area (Å²) < 4.78 is 35.7. The number of sulfonamides is 1. The van der Waals surface area contributed by atoms with E-state index in [0.29, 0.717) is 5.69 Å². The zero-order valence-corrected chi connectivity index (χ0v) is 21.1. The average Bonchev–Trinajstić information content (AvgIpc) is 2.86. The molecular formula is C26H26N2O7S. The molecule has 3 aromatic rings. The summed E-state index contributed by atoms with van der Waals surface area (Å²) in [6.07, 6.45) is 1.12. The topological polar surface area (TPSA) is 119 Å². The van der Waals surface area contributed by atoms with Gasteiger partial charge in [0.1, 0.15) is 0 Å². The normalized spacial score (nSPS) is 10.9. The van der Waals surface area contributed by atoms with Gasteiger partial charge in [0.15, 0.2) is 0 Å². The number of esters is 2. The molecule has 1 N–H and O–H groups in total. The number of carbonyl (C=O) groups excluding carboxylic acids is 3. The molecular weight excluding hydrogens is 484 g/mol. The standard InChI is InChI=1S/C26H26N2O7S/c1-17-7-5-6-8-19(17)16-28(36(4,32)33)23-11-9-18(10-12-23)24(29)27-22-14-20(25(30)34-2)13-21(15-22)26(31)35-3/h5-15H,16H2,1-4H3,(H,27,29). The summed E-state index contributed by atoms with van der Waals surface area (Å²) in [5.41, 5.74) is 2.77. The van der Waals surface area contributed by atoms with Crippen LogP contribution in [-0.2, 0) is 26.0 Å². The number of anilines is 2. The molecule has 10 heteroatoms. The molecule has 0 unspecified atom stereocenters. The molecule has 1 amide bonds. The van der Waals surface area contributed by atoms with Crippen molar-refractivity contribution < 1.29 is 32.3 Å². The Morgan fingerprint density at radius 3 is 1.89 bits per heavy atom. The molecule has 0 spiro atoms. The third-order valence-corrected chi connectivity index (χ3v) is 6.57. The predicted octanol–water partition coefficient (Wildman–Crippen LogP) is 3.79. The molecule has 0 aliphatic heterocycles. The number of amides is 1. The first-order valence-corrected chi connectivity index (χ1v) is 12.6. The molecule has 0 aromatic heterocycles. The van der Waals surface area contributed by atoms with Crippen molar-refractivity contribution in [3.8, 4) is 0 Å². The molecule has 0 saturated carbocycles. The van der Waals surface area contributed by atoms with Gasteiger partial charge in [-0.05, 0) is 60.5 Å². The van der Waals surface area contributed by atoms with Crippen LogP contribution < -0.4 is 9.62 Å². The van der Waals surface area contributed by atoms with E-state index in [9.17, 15) is 22.8 Å². The summed E-state index contributed by atoms with van der Waals surface area (Å²) >= 11 is 0. The van der Waals surface area contributed by atoms with Crippen molar-refractivity contribution in [3.63, 3.8) is 0 Å². The first-order chi connectivity index (χ1) is 17.0. The van der Waals surface area contributed by atoms with Crippen LogP contribution in [0.5, 0.6) is 0 Å². The second-order valence-corrected chi connectivity index (χ2v) is 9.89. The number of ether oxygens (including phenoxy) is 2. The first kappa shape index (κ1) is 26.4. The number of hydrogen-bond donors (Lipinski definition) is 1. The van der Waals surface area contributed by atoms with Crippen molar-refractivity contribution >= 4 is 39.2 Å². The van der Waals surface area contributed by atoms with Gasteiger partial charge in [0.05, 0.1) is 43.8 Å². The fourth-order valence-electron chi connectivity index (χ4n) is 3.50. The van der Waals surface area contributed by atoms with E-state index < -0.39 is 27.9 Å². The Hall–Kier alpha value is -4.18. The molecule has 188 valence electrons. The Morgan fingerprint density at radius 1 is 0.833 bits per heavy atom. The van der Waals surface area contributed by atoms with E-state index in [1.54, 1.807) is 12.1 Å². The molecule has 0 fully saturated rings. The van der Waals surface area contributed by atoms with Crippen LogP contribution in [0.25, 0.3) is 0 Å². The van der Waals surface area contributed by atoms with Crippen LogP contribution >= 0.6 is 0 Å². The summed E-state index contributed by atoms with van der Waals surface area (Å²) in [7, 11) is -1.20. The minimum absolute atomic E-state index is 0.0612. The molecule has 0 bridgehead atoms. The number of hydrogen-bond acceptors (Lipinski definition) is 7. The van der Waals surface area contributed by atoms with Gasteiger partial charge < -0.3 is 14.8 Å².